The highest BCUT2D eigenvalue weighted by atomic mass is 32.1. The number of aromatic nitrogens is 1. The lowest BCUT2D eigenvalue weighted by Crippen LogP contribution is -1.95. The highest BCUT2D eigenvalue weighted by Crippen LogP contribution is 2.24. The minimum atomic E-state index is -0.585. The molecule has 1 N–H and O–H groups in total. The highest BCUT2D eigenvalue weighted by molar-refractivity contribution is 7.14. The Kier molecular flexibility index (Phi) is 4.78. The lowest BCUT2D eigenvalue weighted by Gasteiger charge is -1.97. The van der Waals surface area contributed by atoms with Gasteiger partial charge in [0.2, 0.25) is 5.13 Å². The van der Waals surface area contributed by atoms with E-state index >= 15 is 0 Å². The van der Waals surface area contributed by atoms with E-state index in [-0.39, 0.29) is 11.3 Å². The van der Waals surface area contributed by atoms with Crippen molar-refractivity contribution in [2.24, 2.45) is 5.10 Å². The topological polar surface area (TPSA) is 104 Å². The molecule has 0 aliphatic carbocycles. The Morgan fingerprint density at radius 1 is 1.28 bits per heavy atom. The Bertz CT molecular complexity index is 976. The van der Waals surface area contributed by atoms with Crippen molar-refractivity contribution in [3.8, 4) is 17.3 Å². The minimum Gasteiger partial charge on any atom is -0.258 e. The van der Waals surface area contributed by atoms with Gasteiger partial charge >= 0.3 is 0 Å². The Morgan fingerprint density at radius 3 is 2.80 bits per heavy atom. The Balaban J connectivity index is 1.71. The summed E-state index contributed by atoms with van der Waals surface area (Å²) in [5.41, 5.74) is 5.04. The molecule has 8 heteroatoms. The predicted octanol–water partition coefficient (Wildman–Crippen LogP) is 4.04. The van der Waals surface area contributed by atoms with Gasteiger partial charge in [0.05, 0.1) is 16.8 Å². The van der Waals surface area contributed by atoms with Crippen molar-refractivity contribution in [3.05, 3.63) is 75.2 Å². The van der Waals surface area contributed by atoms with Gasteiger partial charge in [0.1, 0.15) is 11.6 Å². The number of nitro groups is 1. The Morgan fingerprint density at radius 2 is 2.08 bits per heavy atom. The molecule has 0 radical (unpaired) electrons. The Labute approximate surface area is 147 Å². The summed E-state index contributed by atoms with van der Waals surface area (Å²) in [7, 11) is 0. The van der Waals surface area contributed by atoms with E-state index in [2.05, 4.69) is 15.5 Å². The first-order valence-electron chi connectivity index (χ1n) is 7.16. The number of nitrogens with one attached hydrogen (secondary N) is 1. The zero-order valence-corrected chi connectivity index (χ0v) is 13.6. The van der Waals surface area contributed by atoms with Crippen LogP contribution >= 0.6 is 11.3 Å². The number of nitrogens with zero attached hydrogens (tertiary/aromatic N) is 4. The van der Waals surface area contributed by atoms with Crippen LogP contribution in [-0.4, -0.2) is 16.1 Å². The van der Waals surface area contributed by atoms with Crippen molar-refractivity contribution in [2.75, 3.05) is 5.43 Å². The second kappa shape index (κ2) is 7.33. The van der Waals surface area contributed by atoms with Gasteiger partial charge in [0.25, 0.3) is 5.69 Å². The third-order valence-corrected chi connectivity index (χ3v) is 4.03. The van der Waals surface area contributed by atoms with Crippen molar-refractivity contribution < 1.29 is 4.92 Å². The van der Waals surface area contributed by atoms with E-state index in [1.807, 2.05) is 41.8 Å². The number of benzene rings is 2. The van der Waals surface area contributed by atoms with Gasteiger partial charge in [-0.05, 0) is 17.7 Å². The first-order valence-corrected chi connectivity index (χ1v) is 8.04. The van der Waals surface area contributed by atoms with Crippen molar-refractivity contribution in [1.29, 1.82) is 5.26 Å². The predicted molar refractivity (Wildman–Crippen MR) is 96.6 cm³/mol. The van der Waals surface area contributed by atoms with Crippen LogP contribution in [0.5, 0.6) is 0 Å². The molecule has 0 aliphatic rings. The molecule has 0 aliphatic heterocycles. The molecule has 3 aromatic rings. The Hall–Kier alpha value is -3.57. The van der Waals surface area contributed by atoms with Crippen LogP contribution < -0.4 is 5.43 Å². The molecule has 3 rings (SSSR count). The zero-order chi connectivity index (χ0) is 17.6. The minimum absolute atomic E-state index is 0.00503. The molecule has 0 spiro atoms. The fourth-order valence-corrected chi connectivity index (χ4v) is 2.78. The number of anilines is 1. The van der Waals surface area contributed by atoms with Gasteiger partial charge in [-0.15, -0.1) is 11.3 Å². The quantitative estimate of drug-likeness (QED) is 0.425. The molecule has 0 atom stereocenters. The van der Waals surface area contributed by atoms with Gasteiger partial charge in [0.15, 0.2) is 0 Å². The lowest BCUT2D eigenvalue weighted by atomic mass is 10.1. The van der Waals surface area contributed by atoms with E-state index in [4.69, 9.17) is 5.26 Å². The van der Waals surface area contributed by atoms with Gasteiger partial charge < -0.3 is 0 Å². The monoisotopic (exact) mass is 349 g/mol. The first-order chi connectivity index (χ1) is 12.2. The number of hydrogen-bond donors (Lipinski definition) is 1. The molecule has 0 amide bonds. The standard InChI is InChI=1S/C17H11N5O2S/c18-9-14-8-12(6-7-16(14)22(23)24)10-19-21-17-20-15(11-25-17)13-4-2-1-3-5-13/h1-8,10-11H,(H,20,21). The van der Waals surface area contributed by atoms with Crippen LogP contribution in [0.2, 0.25) is 0 Å². The van der Waals surface area contributed by atoms with E-state index in [9.17, 15) is 10.1 Å². The summed E-state index contributed by atoms with van der Waals surface area (Å²) in [6, 6.07) is 15.8. The van der Waals surface area contributed by atoms with Crippen molar-refractivity contribution in [2.45, 2.75) is 0 Å². The van der Waals surface area contributed by atoms with E-state index in [0.29, 0.717) is 10.7 Å². The maximum absolute atomic E-state index is 10.8. The van der Waals surface area contributed by atoms with E-state index in [1.165, 1.54) is 35.8 Å². The third kappa shape index (κ3) is 3.85. The smallest absolute Gasteiger partial charge is 0.258 e. The van der Waals surface area contributed by atoms with Gasteiger partial charge in [-0.25, -0.2) is 4.98 Å². The molecular weight excluding hydrogens is 338 g/mol. The van der Waals surface area contributed by atoms with Crippen molar-refractivity contribution in [3.63, 3.8) is 0 Å². The number of nitro benzene ring substituents is 1. The number of hydrazone groups is 1. The molecule has 0 saturated heterocycles. The molecule has 25 heavy (non-hydrogen) atoms. The summed E-state index contributed by atoms with van der Waals surface area (Å²) in [5, 5.41) is 26.4. The molecule has 2 aromatic carbocycles. The van der Waals surface area contributed by atoms with Crippen LogP contribution in [0, 0.1) is 21.4 Å². The van der Waals surface area contributed by atoms with Gasteiger partial charge in [-0.2, -0.15) is 10.4 Å². The van der Waals surface area contributed by atoms with E-state index in [0.717, 1.165) is 11.3 Å². The fraction of sp³-hybridized carbons (Fsp3) is 0. The first kappa shape index (κ1) is 16.3. The third-order valence-electron chi connectivity index (χ3n) is 3.29. The largest absolute Gasteiger partial charge is 0.287 e. The van der Waals surface area contributed by atoms with Gasteiger partial charge in [-0.3, -0.25) is 15.5 Å². The summed E-state index contributed by atoms with van der Waals surface area (Å²) >= 11 is 1.42. The molecule has 1 aromatic heterocycles. The molecule has 0 unspecified atom stereocenters. The number of nitriles is 1. The average Bonchev–Trinajstić information content (AvgIpc) is 3.11. The second-order valence-electron chi connectivity index (χ2n) is 4.92. The van der Waals surface area contributed by atoms with Crippen LogP contribution in [0.4, 0.5) is 10.8 Å². The number of rotatable bonds is 5. The summed E-state index contributed by atoms with van der Waals surface area (Å²) in [4.78, 5) is 14.7. The van der Waals surface area contributed by atoms with Crippen LogP contribution in [-0.2, 0) is 0 Å². The van der Waals surface area contributed by atoms with Crippen molar-refractivity contribution >= 4 is 28.4 Å². The summed E-state index contributed by atoms with van der Waals surface area (Å²) in [5.74, 6) is 0. The van der Waals surface area contributed by atoms with E-state index < -0.39 is 4.92 Å². The molecule has 0 fully saturated rings. The van der Waals surface area contributed by atoms with Gasteiger partial charge in [0, 0.05) is 17.0 Å². The van der Waals surface area contributed by atoms with Gasteiger partial charge in [-0.1, -0.05) is 30.3 Å². The molecule has 0 bridgehead atoms. The maximum Gasteiger partial charge on any atom is 0.287 e. The highest BCUT2D eigenvalue weighted by Gasteiger charge is 2.13. The molecule has 0 saturated carbocycles. The fourth-order valence-electron chi connectivity index (χ4n) is 2.11. The maximum atomic E-state index is 10.8. The normalized spacial score (nSPS) is 10.5. The SMILES string of the molecule is N#Cc1cc(C=NNc2nc(-c3ccccc3)cs2)ccc1[N+](=O)[O-]. The summed E-state index contributed by atoms with van der Waals surface area (Å²) in [6.07, 6.45) is 1.48. The van der Waals surface area contributed by atoms with E-state index in [1.54, 1.807) is 0 Å². The average molecular weight is 349 g/mol. The second-order valence-corrected chi connectivity index (χ2v) is 5.78. The lowest BCUT2D eigenvalue weighted by molar-refractivity contribution is -0.385. The van der Waals surface area contributed by atoms with Crippen LogP contribution in [0.1, 0.15) is 11.1 Å². The summed E-state index contributed by atoms with van der Waals surface area (Å²) < 4.78 is 0. The van der Waals surface area contributed by atoms with Crippen LogP contribution in [0.15, 0.2) is 59.0 Å². The number of thiazole rings is 1. The van der Waals surface area contributed by atoms with Crippen LogP contribution in [0.25, 0.3) is 11.3 Å². The number of hydrogen-bond acceptors (Lipinski definition) is 7. The van der Waals surface area contributed by atoms with Crippen molar-refractivity contribution in [1.82, 2.24) is 4.98 Å². The zero-order valence-electron chi connectivity index (χ0n) is 12.8. The molecular formula is C17H11N5O2S. The summed E-state index contributed by atoms with van der Waals surface area (Å²) in [6.45, 7) is 0. The van der Waals surface area contributed by atoms with Crippen LogP contribution in [0.3, 0.4) is 0 Å². The molecule has 7 nitrogen and oxygen atoms in total. The molecule has 1 heterocycles. The molecule has 122 valence electrons.